The highest BCUT2D eigenvalue weighted by atomic mass is 32.2. The van der Waals surface area contributed by atoms with Crippen molar-refractivity contribution in [1.29, 1.82) is 0 Å². The molecule has 0 aromatic heterocycles. The van der Waals surface area contributed by atoms with Gasteiger partial charge in [-0.25, -0.2) is 0 Å². The third kappa shape index (κ3) is 4.01. The molecule has 3 heteroatoms. The standard InChI is InChI=1S/C15H24N2S/c1-3-8-16-10-12(2)17-11-14-9-13-6-4-5-7-15(13)18-14/h4-7,12,14,16-17H,3,8-11H2,1-2H3. The van der Waals surface area contributed by atoms with Crippen molar-refractivity contribution in [3.63, 3.8) is 0 Å². The SMILES string of the molecule is CCCNCC(C)NCC1Cc2ccccc2S1. The van der Waals surface area contributed by atoms with Gasteiger partial charge < -0.3 is 10.6 Å². The summed E-state index contributed by atoms with van der Waals surface area (Å²) in [6.45, 7) is 7.76. The van der Waals surface area contributed by atoms with E-state index in [1.807, 2.05) is 11.8 Å². The molecular formula is C15H24N2S. The summed E-state index contributed by atoms with van der Waals surface area (Å²) in [5.41, 5.74) is 1.52. The molecule has 2 atom stereocenters. The Morgan fingerprint density at radius 3 is 3.00 bits per heavy atom. The molecular weight excluding hydrogens is 240 g/mol. The lowest BCUT2D eigenvalue weighted by Crippen LogP contribution is -2.39. The molecule has 2 N–H and O–H groups in total. The summed E-state index contributed by atoms with van der Waals surface area (Å²) in [5, 5.41) is 7.80. The van der Waals surface area contributed by atoms with Crippen molar-refractivity contribution in [1.82, 2.24) is 10.6 Å². The van der Waals surface area contributed by atoms with E-state index in [0.717, 1.165) is 19.6 Å². The lowest BCUT2D eigenvalue weighted by Gasteiger charge is -2.17. The zero-order valence-corrected chi connectivity index (χ0v) is 12.2. The van der Waals surface area contributed by atoms with Gasteiger partial charge in [0.1, 0.15) is 0 Å². The first-order chi connectivity index (χ1) is 8.79. The van der Waals surface area contributed by atoms with Crippen molar-refractivity contribution in [2.45, 2.75) is 42.9 Å². The summed E-state index contributed by atoms with van der Waals surface area (Å²) in [4.78, 5) is 1.47. The Kier molecular flexibility index (Phi) is 5.54. The summed E-state index contributed by atoms with van der Waals surface area (Å²) in [7, 11) is 0. The first-order valence-electron chi connectivity index (χ1n) is 6.98. The Morgan fingerprint density at radius 2 is 2.22 bits per heavy atom. The maximum atomic E-state index is 3.63. The quantitative estimate of drug-likeness (QED) is 0.741. The summed E-state index contributed by atoms with van der Waals surface area (Å²) < 4.78 is 0. The Hall–Kier alpha value is -0.510. The average molecular weight is 264 g/mol. The lowest BCUT2D eigenvalue weighted by molar-refractivity contribution is 0.500. The molecule has 0 saturated carbocycles. The second-order valence-electron chi connectivity index (χ2n) is 5.07. The largest absolute Gasteiger partial charge is 0.315 e. The second-order valence-corrected chi connectivity index (χ2v) is 6.41. The van der Waals surface area contributed by atoms with Gasteiger partial charge in [-0.2, -0.15) is 0 Å². The third-order valence-corrected chi connectivity index (χ3v) is 4.60. The Bertz CT molecular complexity index is 342. The highest BCUT2D eigenvalue weighted by Crippen LogP contribution is 2.36. The minimum Gasteiger partial charge on any atom is -0.315 e. The van der Waals surface area contributed by atoms with Crippen LogP contribution in [-0.4, -0.2) is 30.9 Å². The molecule has 0 amide bonds. The van der Waals surface area contributed by atoms with Crippen molar-refractivity contribution in [3.05, 3.63) is 29.8 Å². The van der Waals surface area contributed by atoms with E-state index in [1.165, 1.54) is 23.3 Å². The van der Waals surface area contributed by atoms with Crippen LogP contribution in [0.25, 0.3) is 0 Å². The highest BCUT2D eigenvalue weighted by Gasteiger charge is 2.21. The van der Waals surface area contributed by atoms with Crippen LogP contribution in [-0.2, 0) is 6.42 Å². The molecule has 1 aliphatic rings. The monoisotopic (exact) mass is 264 g/mol. The van der Waals surface area contributed by atoms with Gasteiger partial charge in [-0.15, -0.1) is 11.8 Å². The summed E-state index contributed by atoms with van der Waals surface area (Å²) in [5.74, 6) is 0. The smallest absolute Gasteiger partial charge is 0.0260 e. The van der Waals surface area contributed by atoms with Crippen LogP contribution in [0, 0.1) is 0 Å². The van der Waals surface area contributed by atoms with E-state index < -0.39 is 0 Å². The van der Waals surface area contributed by atoms with Crippen molar-refractivity contribution in [3.8, 4) is 0 Å². The average Bonchev–Trinajstić information content (AvgIpc) is 2.79. The molecule has 0 radical (unpaired) electrons. The Labute approximate surface area is 115 Å². The second kappa shape index (κ2) is 7.17. The van der Waals surface area contributed by atoms with Gasteiger partial charge in [-0.05, 0) is 37.9 Å². The van der Waals surface area contributed by atoms with E-state index in [0.29, 0.717) is 11.3 Å². The number of hydrogen-bond donors (Lipinski definition) is 2. The Balaban J connectivity index is 1.67. The molecule has 1 aromatic carbocycles. The van der Waals surface area contributed by atoms with Crippen LogP contribution < -0.4 is 10.6 Å². The van der Waals surface area contributed by atoms with Gasteiger partial charge in [0.05, 0.1) is 0 Å². The fraction of sp³-hybridized carbons (Fsp3) is 0.600. The molecule has 0 aliphatic carbocycles. The molecule has 2 unspecified atom stereocenters. The van der Waals surface area contributed by atoms with Gasteiger partial charge in [-0.3, -0.25) is 0 Å². The fourth-order valence-electron chi connectivity index (χ4n) is 2.27. The third-order valence-electron chi connectivity index (χ3n) is 3.29. The molecule has 1 aliphatic heterocycles. The number of hydrogen-bond acceptors (Lipinski definition) is 3. The van der Waals surface area contributed by atoms with E-state index in [1.54, 1.807) is 0 Å². The predicted octanol–water partition coefficient (Wildman–Crippen LogP) is 2.68. The van der Waals surface area contributed by atoms with Crippen LogP contribution in [0.5, 0.6) is 0 Å². The number of thioether (sulfide) groups is 1. The molecule has 18 heavy (non-hydrogen) atoms. The van der Waals surface area contributed by atoms with Crippen LogP contribution in [0.15, 0.2) is 29.2 Å². The summed E-state index contributed by atoms with van der Waals surface area (Å²) >= 11 is 2.02. The zero-order chi connectivity index (χ0) is 12.8. The number of fused-ring (bicyclic) bond motifs is 1. The van der Waals surface area contributed by atoms with Gasteiger partial charge in [0.15, 0.2) is 0 Å². The van der Waals surface area contributed by atoms with Crippen molar-refractivity contribution in [2.24, 2.45) is 0 Å². The van der Waals surface area contributed by atoms with Crippen molar-refractivity contribution < 1.29 is 0 Å². The van der Waals surface area contributed by atoms with Gasteiger partial charge in [0.25, 0.3) is 0 Å². The Morgan fingerprint density at radius 1 is 1.39 bits per heavy atom. The van der Waals surface area contributed by atoms with E-state index in [4.69, 9.17) is 0 Å². The molecule has 100 valence electrons. The zero-order valence-electron chi connectivity index (χ0n) is 11.4. The maximum absolute atomic E-state index is 3.63. The van der Waals surface area contributed by atoms with Crippen molar-refractivity contribution in [2.75, 3.05) is 19.6 Å². The molecule has 2 rings (SSSR count). The van der Waals surface area contributed by atoms with E-state index >= 15 is 0 Å². The minimum absolute atomic E-state index is 0.556. The van der Waals surface area contributed by atoms with Crippen LogP contribution in [0.2, 0.25) is 0 Å². The summed E-state index contributed by atoms with van der Waals surface area (Å²) in [6, 6.07) is 9.34. The van der Waals surface area contributed by atoms with Crippen LogP contribution in [0.3, 0.4) is 0 Å². The predicted molar refractivity (Wildman–Crippen MR) is 80.4 cm³/mol. The van der Waals surface area contributed by atoms with Crippen molar-refractivity contribution >= 4 is 11.8 Å². The van der Waals surface area contributed by atoms with E-state index in [9.17, 15) is 0 Å². The van der Waals surface area contributed by atoms with Gasteiger partial charge in [0.2, 0.25) is 0 Å². The van der Waals surface area contributed by atoms with Crippen LogP contribution in [0.1, 0.15) is 25.8 Å². The first kappa shape index (κ1) is 13.9. The van der Waals surface area contributed by atoms with Gasteiger partial charge in [0, 0.05) is 29.3 Å². The molecule has 1 heterocycles. The fourth-order valence-corrected chi connectivity index (χ4v) is 3.53. The molecule has 0 fully saturated rings. The van der Waals surface area contributed by atoms with E-state index in [2.05, 4.69) is 48.7 Å². The highest BCUT2D eigenvalue weighted by molar-refractivity contribution is 8.00. The molecule has 0 spiro atoms. The topological polar surface area (TPSA) is 24.1 Å². The maximum Gasteiger partial charge on any atom is 0.0260 e. The van der Waals surface area contributed by atoms with Gasteiger partial charge >= 0.3 is 0 Å². The van der Waals surface area contributed by atoms with E-state index in [-0.39, 0.29) is 0 Å². The summed E-state index contributed by atoms with van der Waals surface area (Å²) in [6.07, 6.45) is 2.42. The lowest BCUT2D eigenvalue weighted by atomic mass is 10.1. The molecule has 0 bridgehead atoms. The number of rotatable bonds is 7. The number of benzene rings is 1. The molecule has 1 aromatic rings. The number of nitrogens with one attached hydrogen (secondary N) is 2. The van der Waals surface area contributed by atoms with Crippen LogP contribution in [0.4, 0.5) is 0 Å². The molecule has 2 nitrogen and oxygen atoms in total. The minimum atomic E-state index is 0.556. The van der Waals surface area contributed by atoms with Crippen LogP contribution >= 0.6 is 11.8 Å². The normalized spacial score (nSPS) is 19.8. The first-order valence-corrected chi connectivity index (χ1v) is 7.86. The molecule has 0 saturated heterocycles. The van der Waals surface area contributed by atoms with Gasteiger partial charge in [-0.1, -0.05) is 25.1 Å².